The molecule has 0 spiro atoms. The second-order valence-electron chi connectivity index (χ2n) is 2.65. The summed E-state index contributed by atoms with van der Waals surface area (Å²) < 4.78 is 0. The fourth-order valence-corrected chi connectivity index (χ4v) is 1.03. The third kappa shape index (κ3) is 3.23. The summed E-state index contributed by atoms with van der Waals surface area (Å²) >= 11 is 0. The number of nitrogens with one attached hydrogen (secondary N) is 1. The van der Waals surface area contributed by atoms with E-state index >= 15 is 0 Å². The average Bonchev–Trinajstić information content (AvgIpc) is 2.19. The minimum absolute atomic E-state index is 0. The van der Waals surface area contributed by atoms with E-state index in [1.807, 2.05) is 0 Å². The summed E-state index contributed by atoms with van der Waals surface area (Å²) in [5.41, 5.74) is 6.75. The maximum atomic E-state index is 10.6. The van der Waals surface area contributed by atoms with Gasteiger partial charge in [-0.25, -0.2) is 9.69 Å². The molecule has 4 N–H and O–H groups in total. The van der Waals surface area contributed by atoms with Gasteiger partial charge in [-0.3, -0.25) is 5.41 Å². The zero-order chi connectivity index (χ0) is 10.6. The van der Waals surface area contributed by atoms with Gasteiger partial charge >= 0.3 is 6.09 Å². The van der Waals surface area contributed by atoms with Crippen LogP contribution in [0.15, 0.2) is 24.3 Å². The Kier molecular flexibility index (Phi) is 5.36. The van der Waals surface area contributed by atoms with Gasteiger partial charge in [0, 0.05) is 6.54 Å². The van der Waals surface area contributed by atoms with Crippen LogP contribution in [0.25, 0.3) is 0 Å². The number of hydrogen-bond donors (Lipinski definition) is 3. The Labute approximate surface area is 93.4 Å². The Hall–Kier alpha value is -1.59. The standard InChI is InChI=1S/C9H11N3O2.ClH/c10-5-7-1-3-8(4-2-7)12(6-11)9(13)14;/h1-4,6,11H,5,10H2,(H,13,14);1H. The van der Waals surface area contributed by atoms with Crippen molar-refractivity contribution in [3.8, 4) is 0 Å². The smallest absolute Gasteiger partial charge is 0.417 e. The Morgan fingerprint density at radius 1 is 1.47 bits per heavy atom. The number of halogens is 1. The highest BCUT2D eigenvalue weighted by atomic mass is 35.5. The van der Waals surface area contributed by atoms with Crippen molar-refractivity contribution >= 4 is 30.5 Å². The van der Waals surface area contributed by atoms with E-state index < -0.39 is 6.09 Å². The summed E-state index contributed by atoms with van der Waals surface area (Å²) in [7, 11) is 0. The molecule has 6 heteroatoms. The SMILES string of the molecule is Cl.N=CN(C(=O)O)c1ccc(CN)cc1. The summed E-state index contributed by atoms with van der Waals surface area (Å²) in [4.78, 5) is 11.5. The summed E-state index contributed by atoms with van der Waals surface area (Å²) in [6.45, 7) is 0.415. The van der Waals surface area contributed by atoms with E-state index in [1.54, 1.807) is 24.3 Å². The number of anilines is 1. The first-order chi connectivity index (χ1) is 6.69. The lowest BCUT2D eigenvalue weighted by molar-refractivity contribution is 0.205. The van der Waals surface area contributed by atoms with Gasteiger partial charge in [0.2, 0.25) is 0 Å². The van der Waals surface area contributed by atoms with Gasteiger partial charge in [0.25, 0.3) is 0 Å². The van der Waals surface area contributed by atoms with Crippen molar-refractivity contribution in [3.63, 3.8) is 0 Å². The lowest BCUT2D eigenvalue weighted by atomic mass is 10.2. The predicted molar refractivity (Wildman–Crippen MR) is 60.9 cm³/mol. The average molecular weight is 230 g/mol. The molecule has 0 bridgehead atoms. The number of amides is 1. The molecule has 1 aromatic rings. The fourth-order valence-electron chi connectivity index (χ4n) is 1.03. The van der Waals surface area contributed by atoms with Crippen molar-refractivity contribution in [2.75, 3.05) is 4.90 Å². The lowest BCUT2D eigenvalue weighted by Gasteiger charge is -2.12. The minimum Gasteiger partial charge on any atom is -0.464 e. The molecular weight excluding hydrogens is 218 g/mol. The normalized spacial score (nSPS) is 8.87. The van der Waals surface area contributed by atoms with Crippen LogP contribution in [0.4, 0.5) is 10.5 Å². The maximum absolute atomic E-state index is 10.6. The molecule has 0 aliphatic heterocycles. The van der Waals surface area contributed by atoms with Crippen LogP contribution in [0.1, 0.15) is 5.56 Å². The van der Waals surface area contributed by atoms with Gasteiger partial charge in [-0.1, -0.05) is 12.1 Å². The Balaban J connectivity index is 0.00000196. The Morgan fingerprint density at radius 2 is 2.00 bits per heavy atom. The van der Waals surface area contributed by atoms with E-state index in [-0.39, 0.29) is 12.4 Å². The van der Waals surface area contributed by atoms with E-state index in [1.165, 1.54) is 0 Å². The quantitative estimate of drug-likeness (QED) is 0.544. The van der Waals surface area contributed by atoms with E-state index in [4.69, 9.17) is 16.2 Å². The highest BCUT2D eigenvalue weighted by Gasteiger charge is 2.10. The van der Waals surface area contributed by atoms with Crippen LogP contribution >= 0.6 is 12.4 Å². The lowest BCUT2D eigenvalue weighted by Crippen LogP contribution is -2.26. The molecule has 0 radical (unpaired) electrons. The third-order valence-corrected chi connectivity index (χ3v) is 1.79. The van der Waals surface area contributed by atoms with Crippen LogP contribution in [0.2, 0.25) is 0 Å². The summed E-state index contributed by atoms with van der Waals surface area (Å²) in [6.07, 6.45) is -0.430. The third-order valence-electron chi connectivity index (χ3n) is 1.79. The Bertz CT molecular complexity index is 340. The van der Waals surface area contributed by atoms with E-state index in [9.17, 15) is 4.79 Å². The number of benzene rings is 1. The van der Waals surface area contributed by atoms with Gasteiger partial charge in [0.15, 0.2) is 0 Å². The number of rotatable bonds is 3. The number of carboxylic acid groups (broad SMARTS) is 1. The molecule has 0 atom stereocenters. The van der Waals surface area contributed by atoms with Crippen LogP contribution in [0.3, 0.4) is 0 Å². The van der Waals surface area contributed by atoms with Gasteiger partial charge in [-0.05, 0) is 17.7 Å². The van der Waals surface area contributed by atoms with Gasteiger partial charge in [-0.2, -0.15) is 0 Å². The largest absolute Gasteiger partial charge is 0.464 e. The summed E-state index contributed by atoms with van der Waals surface area (Å²) in [5, 5.41) is 15.6. The molecule has 15 heavy (non-hydrogen) atoms. The van der Waals surface area contributed by atoms with Crippen LogP contribution in [-0.4, -0.2) is 17.5 Å². The van der Waals surface area contributed by atoms with Crippen molar-refractivity contribution in [1.82, 2.24) is 0 Å². The number of hydrogen-bond acceptors (Lipinski definition) is 3. The van der Waals surface area contributed by atoms with Gasteiger partial charge in [-0.15, -0.1) is 12.4 Å². The molecule has 0 unspecified atom stereocenters. The molecule has 0 saturated heterocycles. The van der Waals surface area contributed by atoms with Crippen molar-refractivity contribution < 1.29 is 9.90 Å². The van der Waals surface area contributed by atoms with Crippen LogP contribution in [-0.2, 0) is 6.54 Å². The first-order valence-electron chi connectivity index (χ1n) is 4.00. The summed E-state index contributed by atoms with van der Waals surface area (Å²) in [6, 6.07) is 6.69. The van der Waals surface area contributed by atoms with Crippen LogP contribution in [0, 0.1) is 5.41 Å². The molecule has 1 aromatic carbocycles. The highest BCUT2D eigenvalue weighted by molar-refractivity contribution is 6.02. The fraction of sp³-hybridized carbons (Fsp3) is 0.111. The van der Waals surface area contributed by atoms with Crippen LogP contribution < -0.4 is 10.6 Å². The minimum atomic E-state index is -1.18. The van der Waals surface area contributed by atoms with E-state index in [0.29, 0.717) is 12.2 Å². The van der Waals surface area contributed by atoms with Crippen molar-refractivity contribution in [2.45, 2.75) is 6.54 Å². The Morgan fingerprint density at radius 3 is 2.33 bits per heavy atom. The molecule has 82 valence electrons. The zero-order valence-corrected chi connectivity index (χ0v) is 8.70. The number of carbonyl (C=O) groups is 1. The van der Waals surface area contributed by atoms with Gasteiger partial charge in [0.05, 0.1) is 12.0 Å². The summed E-state index contributed by atoms with van der Waals surface area (Å²) in [5.74, 6) is 0. The van der Waals surface area contributed by atoms with Gasteiger partial charge in [0.1, 0.15) is 0 Å². The molecule has 1 amide bonds. The molecule has 1 rings (SSSR count). The molecule has 0 saturated carbocycles. The highest BCUT2D eigenvalue weighted by Crippen LogP contribution is 2.13. The van der Waals surface area contributed by atoms with E-state index in [2.05, 4.69) is 0 Å². The molecule has 0 aliphatic carbocycles. The first kappa shape index (κ1) is 13.4. The number of nitrogens with zero attached hydrogens (tertiary/aromatic N) is 1. The zero-order valence-electron chi connectivity index (χ0n) is 7.88. The molecule has 0 aliphatic rings. The molecule has 0 fully saturated rings. The van der Waals surface area contributed by atoms with Crippen molar-refractivity contribution in [1.29, 1.82) is 5.41 Å². The van der Waals surface area contributed by atoms with Crippen LogP contribution in [0.5, 0.6) is 0 Å². The molecule has 5 nitrogen and oxygen atoms in total. The molecule has 0 heterocycles. The molecule has 0 aromatic heterocycles. The second kappa shape index (κ2) is 6.00. The topological polar surface area (TPSA) is 90.4 Å². The molecular formula is C9H12ClN3O2. The van der Waals surface area contributed by atoms with Crippen molar-refractivity contribution in [3.05, 3.63) is 29.8 Å². The monoisotopic (exact) mass is 229 g/mol. The second-order valence-corrected chi connectivity index (χ2v) is 2.65. The van der Waals surface area contributed by atoms with Crippen molar-refractivity contribution in [2.24, 2.45) is 5.73 Å². The van der Waals surface area contributed by atoms with E-state index in [0.717, 1.165) is 16.8 Å². The number of nitrogens with two attached hydrogens (primary N) is 1. The maximum Gasteiger partial charge on any atom is 0.417 e. The first-order valence-corrected chi connectivity index (χ1v) is 4.00. The predicted octanol–water partition coefficient (Wildman–Crippen LogP) is 1.66. The van der Waals surface area contributed by atoms with Gasteiger partial charge < -0.3 is 10.8 Å².